The van der Waals surface area contributed by atoms with Crippen LogP contribution in [0.4, 0.5) is 0 Å². The molecule has 1 aliphatic heterocycles. The van der Waals surface area contributed by atoms with Crippen molar-refractivity contribution in [3.05, 3.63) is 41.1 Å². The van der Waals surface area contributed by atoms with Crippen molar-refractivity contribution in [3.8, 4) is 0 Å². The van der Waals surface area contributed by atoms with Gasteiger partial charge < -0.3 is 4.90 Å². The third-order valence-corrected chi connectivity index (χ3v) is 5.55. The first kappa shape index (κ1) is 18.8. The van der Waals surface area contributed by atoms with Crippen molar-refractivity contribution in [1.82, 2.24) is 14.6 Å². The Kier molecular flexibility index (Phi) is 5.29. The summed E-state index contributed by atoms with van der Waals surface area (Å²) in [5.41, 5.74) is 3.29. The van der Waals surface area contributed by atoms with Crippen LogP contribution in [-0.4, -0.2) is 49.6 Å². The van der Waals surface area contributed by atoms with Crippen molar-refractivity contribution in [2.75, 3.05) is 19.3 Å². The highest BCUT2D eigenvalue weighted by Gasteiger charge is 2.29. The van der Waals surface area contributed by atoms with Gasteiger partial charge in [-0.3, -0.25) is 9.78 Å². The number of aryl methyl sites for hydroxylation is 2. The molecule has 1 fully saturated rings. The van der Waals surface area contributed by atoms with Crippen molar-refractivity contribution in [2.45, 2.75) is 39.2 Å². The van der Waals surface area contributed by atoms with Crippen LogP contribution in [0.5, 0.6) is 0 Å². The fourth-order valence-electron chi connectivity index (χ4n) is 3.49. The first-order valence-electron chi connectivity index (χ1n) is 8.88. The SMILES string of the molecule is Cc1ccc2nc(C)c(C(=O)N3CCCCC3CNS(C)(=O)=O)cc2c1. The predicted molar refractivity (Wildman–Crippen MR) is 103 cm³/mol. The van der Waals surface area contributed by atoms with Gasteiger partial charge in [0.25, 0.3) is 5.91 Å². The number of carbonyl (C=O) groups is 1. The van der Waals surface area contributed by atoms with Gasteiger partial charge in [-0.1, -0.05) is 11.6 Å². The summed E-state index contributed by atoms with van der Waals surface area (Å²) in [6.07, 6.45) is 3.86. The van der Waals surface area contributed by atoms with Crippen molar-refractivity contribution in [1.29, 1.82) is 0 Å². The number of sulfonamides is 1. The molecule has 7 heteroatoms. The van der Waals surface area contributed by atoms with Gasteiger partial charge in [0.2, 0.25) is 10.0 Å². The average Bonchev–Trinajstić information content (AvgIpc) is 2.59. The van der Waals surface area contributed by atoms with E-state index in [2.05, 4.69) is 9.71 Å². The molecule has 0 spiro atoms. The Morgan fingerprint density at radius 1 is 1.27 bits per heavy atom. The van der Waals surface area contributed by atoms with Crippen LogP contribution in [0.3, 0.4) is 0 Å². The molecule has 1 N–H and O–H groups in total. The number of carbonyl (C=O) groups excluding carboxylic acids is 1. The Labute approximate surface area is 154 Å². The molecule has 1 atom stereocenters. The number of pyridine rings is 1. The minimum Gasteiger partial charge on any atom is -0.334 e. The van der Waals surface area contributed by atoms with Gasteiger partial charge in [-0.25, -0.2) is 13.1 Å². The minimum atomic E-state index is -3.28. The molecule has 26 heavy (non-hydrogen) atoms. The average molecular weight is 375 g/mol. The Morgan fingerprint density at radius 3 is 2.77 bits per heavy atom. The Bertz CT molecular complexity index is 940. The molecular formula is C19H25N3O3S. The second-order valence-electron chi connectivity index (χ2n) is 7.09. The molecule has 1 saturated heterocycles. The lowest BCUT2D eigenvalue weighted by molar-refractivity contribution is 0.0617. The number of likely N-dealkylation sites (tertiary alicyclic amines) is 1. The molecule has 140 valence electrons. The number of rotatable bonds is 4. The summed E-state index contributed by atoms with van der Waals surface area (Å²) in [7, 11) is -3.28. The summed E-state index contributed by atoms with van der Waals surface area (Å²) in [5, 5.41) is 0.946. The monoisotopic (exact) mass is 375 g/mol. The third-order valence-electron chi connectivity index (χ3n) is 4.86. The van der Waals surface area contributed by atoms with Crippen LogP contribution in [0.2, 0.25) is 0 Å². The zero-order valence-electron chi connectivity index (χ0n) is 15.4. The van der Waals surface area contributed by atoms with Gasteiger partial charge >= 0.3 is 0 Å². The molecule has 1 aliphatic rings. The lowest BCUT2D eigenvalue weighted by Gasteiger charge is -2.36. The second kappa shape index (κ2) is 7.32. The van der Waals surface area contributed by atoms with E-state index >= 15 is 0 Å². The van der Waals surface area contributed by atoms with E-state index in [1.54, 1.807) is 4.90 Å². The van der Waals surface area contributed by atoms with Crippen LogP contribution >= 0.6 is 0 Å². The first-order chi connectivity index (χ1) is 12.2. The van der Waals surface area contributed by atoms with E-state index in [1.807, 2.05) is 38.1 Å². The molecule has 1 aromatic carbocycles. The molecule has 1 unspecified atom stereocenters. The summed E-state index contributed by atoms with van der Waals surface area (Å²) in [6, 6.07) is 7.78. The number of nitrogens with zero attached hydrogens (tertiary/aromatic N) is 2. The molecule has 2 heterocycles. The van der Waals surface area contributed by atoms with E-state index in [0.29, 0.717) is 17.8 Å². The number of benzene rings is 1. The molecule has 6 nitrogen and oxygen atoms in total. The molecule has 0 saturated carbocycles. The smallest absolute Gasteiger partial charge is 0.256 e. The van der Waals surface area contributed by atoms with Crippen LogP contribution in [0.15, 0.2) is 24.3 Å². The van der Waals surface area contributed by atoms with Gasteiger partial charge in [0.1, 0.15) is 0 Å². The molecule has 2 aromatic rings. The van der Waals surface area contributed by atoms with Gasteiger partial charge in [0, 0.05) is 24.5 Å². The highest BCUT2D eigenvalue weighted by molar-refractivity contribution is 7.88. The van der Waals surface area contributed by atoms with E-state index in [1.165, 1.54) is 0 Å². The quantitative estimate of drug-likeness (QED) is 0.890. The van der Waals surface area contributed by atoms with Crippen molar-refractivity contribution in [3.63, 3.8) is 0 Å². The number of hydrogen-bond acceptors (Lipinski definition) is 4. The number of piperidine rings is 1. The number of nitrogens with one attached hydrogen (secondary N) is 1. The lowest BCUT2D eigenvalue weighted by Crippen LogP contribution is -2.49. The second-order valence-corrected chi connectivity index (χ2v) is 8.92. The van der Waals surface area contributed by atoms with Gasteiger partial charge in [0.15, 0.2) is 0 Å². The van der Waals surface area contributed by atoms with Gasteiger partial charge in [-0.2, -0.15) is 0 Å². The Balaban J connectivity index is 1.90. The van der Waals surface area contributed by atoms with Crippen molar-refractivity contribution < 1.29 is 13.2 Å². The van der Waals surface area contributed by atoms with Gasteiger partial charge in [0.05, 0.1) is 23.0 Å². The van der Waals surface area contributed by atoms with E-state index < -0.39 is 10.0 Å². The fraction of sp³-hybridized carbons (Fsp3) is 0.474. The number of aromatic nitrogens is 1. The zero-order valence-corrected chi connectivity index (χ0v) is 16.3. The zero-order chi connectivity index (χ0) is 18.9. The van der Waals surface area contributed by atoms with Crippen LogP contribution in [0.1, 0.15) is 40.9 Å². The normalized spacial score (nSPS) is 18.3. The highest BCUT2D eigenvalue weighted by atomic mass is 32.2. The standard InChI is InChI=1S/C19H25N3O3S/c1-13-7-8-18-15(10-13)11-17(14(2)21-18)19(23)22-9-5-4-6-16(22)12-20-26(3,24)25/h7-8,10-11,16,20H,4-6,9,12H2,1-3H3. The molecular weight excluding hydrogens is 350 g/mol. The molecule has 0 radical (unpaired) electrons. The predicted octanol–water partition coefficient (Wildman–Crippen LogP) is 2.40. The summed E-state index contributed by atoms with van der Waals surface area (Å²) in [4.78, 5) is 19.6. The molecule has 1 amide bonds. The maximum atomic E-state index is 13.2. The van der Waals surface area contributed by atoms with E-state index in [-0.39, 0.29) is 18.5 Å². The molecule has 3 rings (SSSR count). The topological polar surface area (TPSA) is 79.4 Å². The van der Waals surface area contributed by atoms with Crippen LogP contribution in [-0.2, 0) is 10.0 Å². The van der Waals surface area contributed by atoms with Crippen LogP contribution in [0.25, 0.3) is 10.9 Å². The Morgan fingerprint density at radius 2 is 2.04 bits per heavy atom. The summed E-state index contributed by atoms with van der Waals surface area (Å²) < 4.78 is 25.4. The van der Waals surface area contributed by atoms with Crippen LogP contribution < -0.4 is 4.72 Å². The molecule has 0 bridgehead atoms. The summed E-state index contributed by atoms with van der Waals surface area (Å²) in [5.74, 6) is -0.0709. The van der Waals surface area contributed by atoms with Crippen molar-refractivity contribution in [2.24, 2.45) is 0 Å². The maximum absolute atomic E-state index is 13.2. The van der Waals surface area contributed by atoms with E-state index in [0.717, 1.165) is 42.0 Å². The Hall–Kier alpha value is -1.99. The van der Waals surface area contributed by atoms with E-state index in [4.69, 9.17) is 0 Å². The third kappa shape index (κ3) is 4.22. The fourth-order valence-corrected chi connectivity index (χ4v) is 3.99. The first-order valence-corrected chi connectivity index (χ1v) is 10.8. The number of fused-ring (bicyclic) bond motifs is 1. The highest BCUT2D eigenvalue weighted by Crippen LogP contribution is 2.23. The largest absolute Gasteiger partial charge is 0.334 e. The summed E-state index contributed by atoms with van der Waals surface area (Å²) in [6.45, 7) is 4.75. The lowest BCUT2D eigenvalue weighted by atomic mass is 10.00. The minimum absolute atomic E-state index is 0.0709. The summed E-state index contributed by atoms with van der Waals surface area (Å²) >= 11 is 0. The van der Waals surface area contributed by atoms with Gasteiger partial charge in [-0.15, -0.1) is 0 Å². The maximum Gasteiger partial charge on any atom is 0.256 e. The number of hydrogen-bond donors (Lipinski definition) is 1. The molecule has 0 aliphatic carbocycles. The van der Waals surface area contributed by atoms with Crippen LogP contribution in [0, 0.1) is 13.8 Å². The number of amides is 1. The van der Waals surface area contributed by atoms with E-state index in [9.17, 15) is 13.2 Å². The van der Waals surface area contributed by atoms with Crippen molar-refractivity contribution >= 4 is 26.8 Å². The van der Waals surface area contributed by atoms with Gasteiger partial charge in [-0.05, 0) is 51.3 Å². The molecule has 1 aromatic heterocycles.